The van der Waals surface area contributed by atoms with Crippen molar-refractivity contribution in [2.24, 2.45) is 5.92 Å². The van der Waals surface area contributed by atoms with Gasteiger partial charge in [-0.3, -0.25) is 0 Å². The first kappa shape index (κ1) is 13.9. The third-order valence-corrected chi connectivity index (χ3v) is 5.35. The molecule has 1 N–H and O–H groups in total. The van der Waals surface area contributed by atoms with Crippen LogP contribution in [0.15, 0.2) is 0 Å². The third-order valence-electron chi connectivity index (χ3n) is 3.10. The standard InChI is InChI=1S/C10H21NO4S/c1-9(7-12)16(13,14)11-5-3-10(4-6-11)8-15-2/h9-10,12H,3-8H2,1-2H3. The zero-order valence-corrected chi connectivity index (χ0v) is 10.7. The van der Waals surface area contributed by atoms with Crippen LogP contribution in [0.3, 0.4) is 0 Å². The minimum Gasteiger partial charge on any atom is -0.395 e. The molecule has 1 rings (SSSR count). The minimum atomic E-state index is -3.31. The highest BCUT2D eigenvalue weighted by atomic mass is 32.2. The van der Waals surface area contributed by atoms with Gasteiger partial charge < -0.3 is 9.84 Å². The SMILES string of the molecule is COCC1CCN(S(=O)(=O)C(C)CO)CC1. The first-order valence-corrected chi connectivity index (χ1v) is 7.11. The van der Waals surface area contributed by atoms with Crippen LogP contribution in [0.5, 0.6) is 0 Å². The summed E-state index contributed by atoms with van der Waals surface area (Å²) in [5, 5.41) is 8.21. The maximum absolute atomic E-state index is 11.9. The first-order valence-electron chi connectivity index (χ1n) is 5.61. The Kier molecular flexibility index (Phi) is 5.17. The number of methoxy groups -OCH3 is 1. The molecule has 0 saturated carbocycles. The van der Waals surface area contributed by atoms with Crippen LogP contribution in [0.25, 0.3) is 0 Å². The van der Waals surface area contributed by atoms with Crippen LogP contribution in [0.2, 0.25) is 0 Å². The fourth-order valence-electron chi connectivity index (χ4n) is 1.91. The summed E-state index contributed by atoms with van der Waals surface area (Å²) < 4.78 is 30.4. The summed E-state index contributed by atoms with van der Waals surface area (Å²) >= 11 is 0. The van der Waals surface area contributed by atoms with Crippen molar-refractivity contribution in [2.75, 3.05) is 33.4 Å². The Morgan fingerprint density at radius 3 is 2.44 bits per heavy atom. The Morgan fingerprint density at radius 1 is 1.44 bits per heavy atom. The van der Waals surface area contributed by atoms with Crippen molar-refractivity contribution >= 4 is 10.0 Å². The average molecular weight is 251 g/mol. The summed E-state index contributed by atoms with van der Waals surface area (Å²) in [5.74, 6) is 0.459. The van der Waals surface area contributed by atoms with E-state index in [1.165, 1.54) is 11.2 Å². The van der Waals surface area contributed by atoms with Gasteiger partial charge in [-0.05, 0) is 25.7 Å². The van der Waals surface area contributed by atoms with E-state index in [1.54, 1.807) is 7.11 Å². The van der Waals surface area contributed by atoms with Crippen LogP contribution < -0.4 is 0 Å². The topological polar surface area (TPSA) is 66.8 Å². The molecule has 1 saturated heterocycles. The summed E-state index contributed by atoms with van der Waals surface area (Å²) in [6, 6.07) is 0. The van der Waals surface area contributed by atoms with Gasteiger partial charge in [0.1, 0.15) is 0 Å². The smallest absolute Gasteiger partial charge is 0.218 e. The Balaban J connectivity index is 2.53. The Bertz CT molecular complexity index is 296. The number of nitrogens with zero attached hydrogens (tertiary/aromatic N) is 1. The third kappa shape index (κ3) is 3.16. The zero-order valence-electron chi connectivity index (χ0n) is 9.92. The van der Waals surface area contributed by atoms with Gasteiger partial charge >= 0.3 is 0 Å². The maximum Gasteiger partial charge on any atom is 0.218 e. The Labute approximate surface area is 97.4 Å². The van der Waals surface area contributed by atoms with E-state index in [0.29, 0.717) is 25.6 Å². The molecule has 1 aliphatic heterocycles. The molecule has 1 fully saturated rings. The molecule has 0 bridgehead atoms. The van der Waals surface area contributed by atoms with E-state index in [1.807, 2.05) is 0 Å². The number of rotatable bonds is 5. The lowest BCUT2D eigenvalue weighted by molar-refractivity contribution is 0.121. The van der Waals surface area contributed by atoms with Crippen LogP contribution in [0, 0.1) is 5.92 Å². The summed E-state index contributed by atoms with van der Waals surface area (Å²) in [6.07, 6.45) is 1.68. The van der Waals surface area contributed by atoms with Gasteiger partial charge in [-0.2, -0.15) is 0 Å². The number of hydrogen-bond donors (Lipinski definition) is 1. The molecule has 96 valence electrons. The molecule has 5 nitrogen and oxygen atoms in total. The first-order chi connectivity index (χ1) is 7.52. The molecule has 0 amide bonds. The predicted octanol–water partition coefficient (Wildman–Crippen LogP) is 0.0554. The predicted molar refractivity (Wildman–Crippen MR) is 61.6 cm³/mol. The lowest BCUT2D eigenvalue weighted by Crippen LogP contribution is -2.44. The number of ether oxygens (including phenoxy) is 1. The highest BCUT2D eigenvalue weighted by Gasteiger charge is 2.31. The maximum atomic E-state index is 11.9. The summed E-state index contributed by atoms with van der Waals surface area (Å²) in [4.78, 5) is 0. The molecule has 1 aliphatic rings. The monoisotopic (exact) mass is 251 g/mol. The highest BCUT2D eigenvalue weighted by Crippen LogP contribution is 2.21. The summed E-state index contributed by atoms with van der Waals surface area (Å²) in [5.41, 5.74) is 0. The summed E-state index contributed by atoms with van der Waals surface area (Å²) in [6.45, 7) is 3.00. The lowest BCUT2D eigenvalue weighted by atomic mass is 9.99. The molecule has 1 heterocycles. The molecule has 0 aromatic rings. The fraction of sp³-hybridized carbons (Fsp3) is 1.00. The van der Waals surface area contributed by atoms with Crippen molar-refractivity contribution in [1.82, 2.24) is 4.31 Å². The van der Waals surface area contributed by atoms with Gasteiger partial charge in [0, 0.05) is 26.8 Å². The van der Waals surface area contributed by atoms with Crippen molar-refractivity contribution in [3.05, 3.63) is 0 Å². The van der Waals surface area contributed by atoms with Crippen molar-refractivity contribution in [1.29, 1.82) is 0 Å². The Hall–Kier alpha value is -0.170. The average Bonchev–Trinajstić information content (AvgIpc) is 2.29. The second kappa shape index (κ2) is 5.95. The van der Waals surface area contributed by atoms with Crippen LogP contribution in [-0.4, -0.2) is 56.5 Å². The van der Waals surface area contributed by atoms with Crippen LogP contribution in [0.1, 0.15) is 19.8 Å². The summed E-state index contributed by atoms with van der Waals surface area (Å²) in [7, 11) is -1.64. The van der Waals surface area contributed by atoms with Gasteiger partial charge in [-0.1, -0.05) is 0 Å². The van der Waals surface area contributed by atoms with Gasteiger partial charge in [0.25, 0.3) is 0 Å². The van der Waals surface area contributed by atoms with E-state index in [0.717, 1.165) is 12.8 Å². The van der Waals surface area contributed by atoms with Crippen molar-refractivity contribution in [3.8, 4) is 0 Å². The van der Waals surface area contributed by atoms with Crippen molar-refractivity contribution < 1.29 is 18.3 Å². The van der Waals surface area contributed by atoms with Gasteiger partial charge in [0.05, 0.1) is 11.9 Å². The quantitative estimate of drug-likeness (QED) is 0.750. The number of hydrogen-bond acceptors (Lipinski definition) is 4. The van der Waals surface area contributed by atoms with Gasteiger partial charge in [-0.15, -0.1) is 0 Å². The van der Waals surface area contributed by atoms with Crippen LogP contribution in [0.4, 0.5) is 0 Å². The molecule has 16 heavy (non-hydrogen) atoms. The van der Waals surface area contributed by atoms with Crippen LogP contribution in [-0.2, 0) is 14.8 Å². The number of aliphatic hydroxyl groups excluding tert-OH is 1. The number of piperidine rings is 1. The molecule has 0 spiro atoms. The highest BCUT2D eigenvalue weighted by molar-refractivity contribution is 7.89. The number of aliphatic hydroxyl groups is 1. The second-order valence-electron chi connectivity index (χ2n) is 4.34. The Morgan fingerprint density at radius 2 is 2.00 bits per heavy atom. The zero-order chi connectivity index (χ0) is 12.2. The molecular weight excluding hydrogens is 230 g/mol. The lowest BCUT2D eigenvalue weighted by Gasteiger charge is -2.32. The molecular formula is C10H21NO4S. The van der Waals surface area contributed by atoms with E-state index in [9.17, 15) is 8.42 Å². The van der Waals surface area contributed by atoms with Gasteiger partial charge in [0.2, 0.25) is 10.0 Å². The molecule has 1 atom stereocenters. The van der Waals surface area contributed by atoms with E-state index < -0.39 is 15.3 Å². The van der Waals surface area contributed by atoms with Gasteiger partial charge in [-0.25, -0.2) is 12.7 Å². The van der Waals surface area contributed by atoms with Crippen LogP contribution >= 0.6 is 0 Å². The normalized spacial score (nSPS) is 22.2. The van der Waals surface area contributed by atoms with Crippen molar-refractivity contribution in [3.63, 3.8) is 0 Å². The number of sulfonamides is 1. The molecule has 1 unspecified atom stereocenters. The fourth-order valence-corrected chi connectivity index (χ4v) is 3.33. The molecule has 0 aromatic carbocycles. The molecule has 0 aliphatic carbocycles. The molecule has 0 radical (unpaired) electrons. The van der Waals surface area contributed by atoms with Gasteiger partial charge in [0.15, 0.2) is 0 Å². The van der Waals surface area contributed by atoms with E-state index in [-0.39, 0.29) is 6.61 Å². The van der Waals surface area contributed by atoms with E-state index >= 15 is 0 Å². The van der Waals surface area contributed by atoms with Crippen molar-refractivity contribution in [2.45, 2.75) is 25.0 Å². The molecule has 6 heteroatoms. The second-order valence-corrected chi connectivity index (χ2v) is 6.69. The molecule has 0 aromatic heterocycles. The largest absolute Gasteiger partial charge is 0.395 e. The minimum absolute atomic E-state index is 0.319. The van der Waals surface area contributed by atoms with E-state index in [4.69, 9.17) is 9.84 Å². The van der Waals surface area contributed by atoms with E-state index in [2.05, 4.69) is 0 Å².